The van der Waals surface area contributed by atoms with Crippen LogP contribution in [-0.2, 0) is 4.79 Å². The molecule has 0 saturated heterocycles. The van der Waals surface area contributed by atoms with E-state index in [1.807, 2.05) is 38.1 Å². The summed E-state index contributed by atoms with van der Waals surface area (Å²) in [4.78, 5) is 11.3. The van der Waals surface area contributed by atoms with E-state index in [1.165, 1.54) is 0 Å². The van der Waals surface area contributed by atoms with Crippen LogP contribution < -0.4 is 20.5 Å². The number of hydrogen-bond acceptors (Lipinski definition) is 4. The van der Waals surface area contributed by atoms with E-state index in [2.05, 4.69) is 5.32 Å². The van der Waals surface area contributed by atoms with Crippen molar-refractivity contribution in [2.75, 3.05) is 19.8 Å². The average molecular weight is 280 g/mol. The van der Waals surface area contributed by atoms with E-state index >= 15 is 0 Å². The molecule has 5 heteroatoms. The molecule has 1 aromatic carbocycles. The van der Waals surface area contributed by atoms with Gasteiger partial charge in [-0.3, -0.25) is 4.79 Å². The Hall–Kier alpha value is -1.75. The third-order valence-corrected chi connectivity index (χ3v) is 2.78. The quantitative estimate of drug-likeness (QED) is 0.684. The van der Waals surface area contributed by atoms with Crippen LogP contribution in [0.3, 0.4) is 0 Å². The molecule has 0 bridgehead atoms. The predicted molar refractivity (Wildman–Crippen MR) is 79.0 cm³/mol. The fourth-order valence-electron chi connectivity index (χ4n) is 1.78. The molecule has 1 amide bonds. The average Bonchev–Trinajstić information content (AvgIpc) is 2.43. The molecule has 0 spiro atoms. The van der Waals surface area contributed by atoms with Gasteiger partial charge in [-0.25, -0.2) is 0 Å². The number of carbonyl (C=O) groups is 1. The van der Waals surface area contributed by atoms with Crippen molar-refractivity contribution in [2.45, 2.75) is 32.7 Å². The first kappa shape index (κ1) is 16.3. The lowest BCUT2D eigenvalue weighted by Crippen LogP contribution is -2.42. The van der Waals surface area contributed by atoms with Crippen LogP contribution in [0.15, 0.2) is 24.3 Å². The zero-order valence-corrected chi connectivity index (χ0v) is 12.2. The Kier molecular flexibility index (Phi) is 7.50. The molecule has 112 valence electrons. The van der Waals surface area contributed by atoms with Crippen LogP contribution >= 0.6 is 0 Å². The first-order chi connectivity index (χ1) is 9.67. The van der Waals surface area contributed by atoms with Gasteiger partial charge in [0.15, 0.2) is 0 Å². The van der Waals surface area contributed by atoms with Gasteiger partial charge in [-0.1, -0.05) is 13.0 Å². The number of amides is 1. The van der Waals surface area contributed by atoms with E-state index in [4.69, 9.17) is 15.2 Å². The Balaban J connectivity index is 2.41. The highest BCUT2D eigenvalue weighted by Gasteiger charge is 2.13. The Morgan fingerprint density at radius 3 is 2.60 bits per heavy atom. The number of nitrogens with one attached hydrogen (secondary N) is 1. The van der Waals surface area contributed by atoms with Gasteiger partial charge in [0.1, 0.15) is 11.5 Å². The Bertz CT molecular complexity index is 410. The minimum atomic E-state index is -0.343. The summed E-state index contributed by atoms with van der Waals surface area (Å²) in [5.74, 6) is 1.17. The molecule has 1 aromatic rings. The first-order valence-corrected chi connectivity index (χ1v) is 7.05. The number of benzene rings is 1. The van der Waals surface area contributed by atoms with Gasteiger partial charge >= 0.3 is 0 Å². The monoisotopic (exact) mass is 280 g/mol. The number of carbonyl (C=O) groups excluding carboxylic acids is 1. The van der Waals surface area contributed by atoms with Crippen LogP contribution in [0.5, 0.6) is 11.5 Å². The first-order valence-electron chi connectivity index (χ1n) is 7.05. The number of hydrogen-bond donors (Lipinski definition) is 2. The SMILES string of the molecule is CCCNC(CCOc1cccc(OCC)c1)C(N)=O. The largest absolute Gasteiger partial charge is 0.494 e. The van der Waals surface area contributed by atoms with E-state index in [1.54, 1.807) is 0 Å². The molecule has 0 saturated carbocycles. The topological polar surface area (TPSA) is 73.6 Å². The highest BCUT2D eigenvalue weighted by Crippen LogP contribution is 2.19. The van der Waals surface area contributed by atoms with Crippen LogP contribution in [0.1, 0.15) is 26.7 Å². The molecule has 0 fully saturated rings. The highest BCUT2D eigenvalue weighted by molar-refractivity contribution is 5.79. The third-order valence-electron chi connectivity index (χ3n) is 2.78. The lowest BCUT2D eigenvalue weighted by molar-refractivity contribution is -0.120. The van der Waals surface area contributed by atoms with Crippen molar-refractivity contribution in [3.63, 3.8) is 0 Å². The molecule has 0 aromatic heterocycles. The second-order valence-electron chi connectivity index (χ2n) is 4.45. The van der Waals surface area contributed by atoms with E-state index in [0.29, 0.717) is 19.6 Å². The lowest BCUT2D eigenvalue weighted by atomic mass is 10.2. The molecule has 0 aliphatic heterocycles. The van der Waals surface area contributed by atoms with Crippen LogP contribution in [0.4, 0.5) is 0 Å². The molecule has 0 heterocycles. The van der Waals surface area contributed by atoms with Crippen molar-refractivity contribution in [3.05, 3.63) is 24.3 Å². The highest BCUT2D eigenvalue weighted by atomic mass is 16.5. The van der Waals surface area contributed by atoms with Crippen LogP contribution in [0, 0.1) is 0 Å². The summed E-state index contributed by atoms with van der Waals surface area (Å²) in [7, 11) is 0. The standard InChI is InChI=1S/C15H24N2O3/c1-3-9-17-14(15(16)18)8-10-20-13-7-5-6-12(11-13)19-4-2/h5-7,11,14,17H,3-4,8-10H2,1-2H3,(H2,16,18). The summed E-state index contributed by atoms with van der Waals surface area (Å²) in [6.07, 6.45) is 1.51. The summed E-state index contributed by atoms with van der Waals surface area (Å²) < 4.78 is 11.0. The maximum Gasteiger partial charge on any atom is 0.234 e. The third kappa shape index (κ3) is 5.93. The van der Waals surface area contributed by atoms with Gasteiger partial charge in [0.05, 0.1) is 19.3 Å². The Morgan fingerprint density at radius 1 is 1.30 bits per heavy atom. The van der Waals surface area contributed by atoms with Crippen molar-refractivity contribution in [1.82, 2.24) is 5.32 Å². The zero-order valence-electron chi connectivity index (χ0n) is 12.2. The van der Waals surface area contributed by atoms with Gasteiger partial charge in [-0.2, -0.15) is 0 Å². The number of nitrogens with two attached hydrogens (primary N) is 1. The minimum Gasteiger partial charge on any atom is -0.494 e. The maximum absolute atomic E-state index is 11.3. The van der Waals surface area contributed by atoms with Gasteiger partial charge < -0.3 is 20.5 Å². The predicted octanol–water partition coefficient (Wildman–Crippen LogP) is 1.71. The van der Waals surface area contributed by atoms with E-state index in [-0.39, 0.29) is 11.9 Å². The molecule has 1 rings (SSSR count). The van der Waals surface area contributed by atoms with Crippen molar-refractivity contribution in [2.24, 2.45) is 5.73 Å². The number of ether oxygens (including phenoxy) is 2. The fourth-order valence-corrected chi connectivity index (χ4v) is 1.78. The lowest BCUT2D eigenvalue weighted by Gasteiger charge is -2.15. The minimum absolute atomic E-state index is 0.342. The molecule has 0 aliphatic carbocycles. The molecular weight excluding hydrogens is 256 g/mol. The van der Waals surface area contributed by atoms with Crippen molar-refractivity contribution in [1.29, 1.82) is 0 Å². The van der Waals surface area contributed by atoms with E-state index < -0.39 is 0 Å². The fraction of sp³-hybridized carbons (Fsp3) is 0.533. The molecule has 0 radical (unpaired) electrons. The van der Waals surface area contributed by atoms with E-state index in [0.717, 1.165) is 24.5 Å². The normalized spacial score (nSPS) is 11.9. The van der Waals surface area contributed by atoms with Crippen LogP contribution in [-0.4, -0.2) is 31.7 Å². The molecule has 0 aliphatic rings. The number of rotatable bonds is 10. The molecule has 1 atom stereocenters. The van der Waals surface area contributed by atoms with Gasteiger partial charge in [0.2, 0.25) is 5.91 Å². The maximum atomic E-state index is 11.3. The van der Waals surface area contributed by atoms with Gasteiger partial charge in [-0.05, 0) is 32.0 Å². The summed E-state index contributed by atoms with van der Waals surface area (Å²) in [6, 6.07) is 7.11. The smallest absolute Gasteiger partial charge is 0.234 e. The summed E-state index contributed by atoms with van der Waals surface area (Å²) >= 11 is 0. The number of primary amides is 1. The van der Waals surface area contributed by atoms with Gasteiger partial charge in [0, 0.05) is 12.5 Å². The van der Waals surface area contributed by atoms with Crippen LogP contribution in [0.2, 0.25) is 0 Å². The Morgan fingerprint density at radius 2 is 2.00 bits per heavy atom. The molecule has 3 N–H and O–H groups in total. The van der Waals surface area contributed by atoms with Gasteiger partial charge in [-0.15, -0.1) is 0 Å². The zero-order chi connectivity index (χ0) is 14.8. The Labute approximate surface area is 120 Å². The summed E-state index contributed by atoms with van der Waals surface area (Å²) in [5.41, 5.74) is 5.34. The molecule has 5 nitrogen and oxygen atoms in total. The summed E-state index contributed by atoms with van der Waals surface area (Å²) in [5, 5.41) is 3.11. The molecular formula is C15H24N2O3. The van der Waals surface area contributed by atoms with Crippen molar-refractivity contribution in [3.8, 4) is 11.5 Å². The van der Waals surface area contributed by atoms with E-state index in [9.17, 15) is 4.79 Å². The summed E-state index contributed by atoms with van der Waals surface area (Å²) in [6.45, 7) is 5.80. The second-order valence-corrected chi connectivity index (χ2v) is 4.45. The second kappa shape index (κ2) is 9.20. The molecule has 1 unspecified atom stereocenters. The van der Waals surface area contributed by atoms with Crippen molar-refractivity contribution >= 4 is 5.91 Å². The van der Waals surface area contributed by atoms with Gasteiger partial charge in [0.25, 0.3) is 0 Å². The molecule has 20 heavy (non-hydrogen) atoms. The van der Waals surface area contributed by atoms with Crippen LogP contribution in [0.25, 0.3) is 0 Å². The van der Waals surface area contributed by atoms with Crippen molar-refractivity contribution < 1.29 is 14.3 Å².